The van der Waals surface area contributed by atoms with Gasteiger partial charge >= 0.3 is 0 Å². The van der Waals surface area contributed by atoms with E-state index in [1.165, 1.54) is 33.4 Å². The molecule has 1 saturated carbocycles. The molecule has 184 valence electrons. The van der Waals surface area contributed by atoms with Crippen LogP contribution in [0.25, 0.3) is 0 Å². The lowest BCUT2D eigenvalue weighted by molar-refractivity contribution is 0.125. The highest BCUT2D eigenvalue weighted by Gasteiger charge is 2.46. The second-order valence-corrected chi connectivity index (χ2v) is 10.6. The second-order valence-electron chi connectivity index (χ2n) is 10.6. The summed E-state index contributed by atoms with van der Waals surface area (Å²) in [4.78, 5) is 0. The molecule has 0 aromatic heterocycles. The fraction of sp³-hybridized carbons (Fsp3) is 0.294. The van der Waals surface area contributed by atoms with Crippen LogP contribution in [-0.4, -0.2) is 0 Å². The van der Waals surface area contributed by atoms with Crippen molar-refractivity contribution in [1.82, 2.24) is 0 Å². The van der Waals surface area contributed by atoms with E-state index in [1.807, 2.05) is 12.1 Å². The third-order valence-electron chi connectivity index (χ3n) is 8.22. The molecule has 36 heavy (non-hydrogen) atoms. The average molecular weight is 477 g/mol. The molecule has 0 saturated heterocycles. The molecule has 0 bridgehead atoms. The van der Waals surface area contributed by atoms with Crippen LogP contribution in [0.5, 0.6) is 23.0 Å². The quantitative estimate of drug-likeness (QED) is 0.276. The Hall–Kier alpha value is -3.52. The maximum Gasteiger partial charge on any atom is 0.127 e. The van der Waals surface area contributed by atoms with Crippen LogP contribution >= 0.6 is 0 Å². The van der Waals surface area contributed by atoms with E-state index >= 15 is 0 Å². The molecule has 0 unspecified atom stereocenters. The van der Waals surface area contributed by atoms with Crippen molar-refractivity contribution in [2.45, 2.75) is 53.4 Å². The molecule has 2 nitrogen and oxygen atoms in total. The molecule has 0 N–H and O–H groups in total. The second kappa shape index (κ2) is 9.85. The Kier molecular flexibility index (Phi) is 6.62. The van der Waals surface area contributed by atoms with Gasteiger partial charge in [0.15, 0.2) is 0 Å². The smallest absolute Gasteiger partial charge is 0.127 e. The number of ether oxygens (including phenoxy) is 2. The van der Waals surface area contributed by atoms with E-state index in [0.717, 1.165) is 23.0 Å². The van der Waals surface area contributed by atoms with E-state index in [-0.39, 0.29) is 0 Å². The molecule has 0 heterocycles. The van der Waals surface area contributed by atoms with Crippen LogP contribution in [0.1, 0.15) is 59.1 Å². The molecule has 0 aliphatic heterocycles. The van der Waals surface area contributed by atoms with Crippen molar-refractivity contribution in [2.75, 3.05) is 0 Å². The van der Waals surface area contributed by atoms with Gasteiger partial charge in [0, 0.05) is 0 Å². The Morgan fingerprint density at radius 2 is 0.750 bits per heavy atom. The maximum absolute atomic E-state index is 6.10. The first kappa shape index (κ1) is 24.2. The molecule has 0 spiro atoms. The summed E-state index contributed by atoms with van der Waals surface area (Å²) in [6.07, 6.45) is 0. The van der Waals surface area contributed by atoms with Gasteiger partial charge in [0.1, 0.15) is 23.0 Å². The number of hydrogen-bond acceptors (Lipinski definition) is 2. The first-order valence-electron chi connectivity index (χ1n) is 13.0. The number of rotatable bonds is 6. The van der Waals surface area contributed by atoms with Gasteiger partial charge in [-0.25, -0.2) is 0 Å². The van der Waals surface area contributed by atoms with Crippen molar-refractivity contribution in [3.63, 3.8) is 0 Å². The van der Waals surface area contributed by atoms with Crippen molar-refractivity contribution in [2.24, 2.45) is 11.8 Å². The molecule has 5 rings (SSSR count). The largest absolute Gasteiger partial charge is 0.457 e. The van der Waals surface area contributed by atoms with Gasteiger partial charge < -0.3 is 9.47 Å². The molecule has 4 aromatic carbocycles. The van der Waals surface area contributed by atoms with Crippen molar-refractivity contribution < 1.29 is 9.47 Å². The van der Waals surface area contributed by atoms with Crippen LogP contribution < -0.4 is 9.47 Å². The van der Waals surface area contributed by atoms with Crippen LogP contribution in [0.4, 0.5) is 0 Å². The summed E-state index contributed by atoms with van der Waals surface area (Å²) in [5.74, 6) is 5.82. The van der Waals surface area contributed by atoms with Crippen molar-refractivity contribution in [3.8, 4) is 23.0 Å². The molecule has 4 aromatic rings. The van der Waals surface area contributed by atoms with Crippen LogP contribution in [-0.2, 0) is 0 Å². The molecule has 0 atom stereocenters. The SMILES string of the molecule is Cc1ccc(Oc2ccc(C3C(C)C(c4ccc(Oc5ccc(C)c(C)c5)cc4)C3C)cc2)cc1C. The summed E-state index contributed by atoms with van der Waals surface area (Å²) in [7, 11) is 0. The molecule has 0 amide bonds. The van der Waals surface area contributed by atoms with E-state index < -0.39 is 0 Å². The summed E-state index contributed by atoms with van der Waals surface area (Å²) >= 11 is 0. The summed E-state index contributed by atoms with van der Waals surface area (Å²) in [5.41, 5.74) is 7.85. The maximum atomic E-state index is 6.10. The Morgan fingerprint density at radius 3 is 1.08 bits per heavy atom. The summed E-state index contributed by atoms with van der Waals surface area (Å²) < 4.78 is 12.2. The predicted octanol–water partition coefficient (Wildman–Crippen LogP) is 9.66. The summed E-state index contributed by atoms with van der Waals surface area (Å²) in [5, 5.41) is 0. The average Bonchev–Trinajstić information content (AvgIpc) is 2.86. The van der Waals surface area contributed by atoms with Crippen LogP contribution in [0.15, 0.2) is 84.9 Å². The lowest BCUT2D eigenvalue weighted by Crippen LogP contribution is -2.39. The number of aryl methyl sites for hydroxylation is 4. The molecular weight excluding hydrogens is 440 g/mol. The van der Waals surface area contributed by atoms with E-state index in [0.29, 0.717) is 23.7 Å². The van der Waals surface area contributed by atoms with Crippen molar-refractivity contribution >= 4 is 0 Å². The highest BCUT2D eigenvalue weighted by atomic mass is 16.5. The summed E-state index contributed by atoms with van der Waals surface area (Å²) in [6, 6.07) is 29.9. The van der Waals surface area contributed by atoms with Crippen LogP contribution in [0.2, 0.25) is 0 Å². The van der Waals surface area contributed by atoms with Gasteiger partial charge in [0.2, 0.25) is 0 Å². The lowest BCUT2D eigenvalue weighted by atomic mass is 9.54. The monoisotopic (exact) mass is 476 g/mol. The van der Waals surface area contributed by atoms with Gasteiger partial charge in [-0.05, 0) is 133 Å². The molecule has 1 fully saturated rings. The Labute approximate surface area is 215 Å². The third-order valence-corrected chi connectivity index (χ3v) is 8.22. The Morgan fingerprint density at radius 1 is 0.417 bits per heavy atom. The predicted molar refractivity (Wildman–Crippen MR) is 149 cm³/mol. The zero-order valence-corrected chi connectivity index (χ0v) is 22.2. The number of benzene rings is 4. The first-order chi connectivity index (χ1) is 17.3. The Bertz CT molecular complexity index is 1240. The first-order valence-corrected chi connectivity index (χ1v) is 13.0. The highest BCUT2D eigenvalue weighted by molar-refractivity contribution is 5.42. The van der Waals surface area contributed by atoms with Gasteiger partial charge in [0.25, 0.3) is 0 Å². The molecule has 1 aliphatic rings. The van der Waals surface area contributed by atoms with E-state index in [9.17, 15) is 0 Å². The summed E-state index contributed by atoms with van der Waals surface area (Å²) in [6.45, 7) is 13.2. The molecular formula is C34H36O2. The third kappa shape index (κ3) is 4.78. The fourth-order valence-corrected chi connectivity index (χ4v) is 5.82. The minimum atomic E-state index is 0.553. The molecule has 1 aliphatic carbocycles. The minimum Gasteiger partial charge on any atom is -0.457 e. The Balaban J connectivity index is 1.23. The van der Waals surface area contributed by atoms with Gasteiger partial charge in [0.05, 0.1) is 0 Å². The molecule has 2 heteroatoms. The standard InChI is InChI=1S/C34H36O2/c1-21-7-13-31(19-23(21)3)35-29-15-9-27(10-16-29)33-25(5)34(26(33)6)28-11-17-30(18-12-28)36-32-14-8-22(2)24(4)20-32/h7-20,25-26,33-34H,1-6H3. The molecule has 0 radical (unpaired) electrons. The van der Waals surface area contributed by atoms with Crippen LogP contribution in [0.3, 0.4) is 0 Å². The van der Waals surface area contributed by atoms with E-state index in [1.54, 1.807) is 0 Å². The van der Waals surface area contributed by atoms with E-state index in [2.05, 4.69) is 114 Å². The van der Waals surface area contributed by atoms with Crippen molar-refractivity contribution in [3.05, 3.63) is 118 Å². The van der Waals surface area contributed by atoms with Crippen LogP contribution in [0, 0.1) is 39.5 Å². The topological polar surface area (TPSA) is 18.5 Å². The normalized spacial score (nSPS) is 21.1. The lowest BCUT2D eigenvalue weighted by Gasteiger charge is -2.50. The van der Waals surface area contributed by atoms with Gasteiger partial charge in [-0.1, -0.05) is 50.2 Å². The zero-order chi connectivity index (χ0) is 25.4. The fourth-order valence-electron chi connectivity index (χ4n) is 5.82. The number of hydrogen-bond donors (Lipinski definition) is 0. The zero-order valence-electron chi connectivity index (χ0n) is 22.2. The minimum absolute atomic E-state index is 0.553. The van der Waals surface area contributed by atoms with Crippen molar-refractivity contribution in [1.29, 1.82) is 0 Å². The van der Waals surface area contributed by atoms with Gasteiger partial charge in [-0.2, -0.15) is 0 Å². The highest BCUT2D eigenvalue weighted by Crippen LogP contribution is 2.57. The van der Waals surface area contributed by atoms with Gasteiger partial charge in [-0.15, -0.1) is 0 Å². The van der Waals surface area contributed by atoms with Gasteiger partial charge in [-0.3, -0.25) is 0 Å². The van der Waals surface area contributed by atoms with E-state index in [4.69, 9.17) is 9.47 Å².